The van der Waals surface area contributed by atoms with Crippen molar-refractivity contribution in [2.75, 3.05) is 0 Å². The van der Waals surface area contributed by atoms with E-state index in [1.54, 1.807) is 0 Å². The summed E-state index contributed by atoms with van der Waals surface area (Å²) in [5.41, 5.74) is 9.12. The van der Waals surface area contributed by atoms with E-state index in [0.29, 0.717) is 0 Å². The van der Waals surface area contributed by atoms with Crippen molar-refractivity contribution in [3.05, 3.63) is 35.4 Å². The highest BCUT2D eigenvalue weighted by Gasteiger charge is 2.27. The molecule has 0 aliphatic rings. The molecule has 1 heteroatoms. The lowest BCUT2D eigenvalue weighted by molar-refractivity contribution is 0.350. The standard InChI is InChI=1S/C17H29N/c1-15(2,3)13-8-10-14(11-9-13)16(4,5)12-17(6,7)18/h8-11H,12,18H2,1-7H3. The van der Waals surface area contributed by atoms with Crippen LogP contribution in [0.3, 0.4) is 0 Å². The summed E-state index contributed by atoms with van der Waals surface area (Å²) < 4.78 is 0. The number of benzene rings is 1. The summed E-state index contributed by atoms with van der Waals surface area (Å²) in [5.74, 6) is 0. The van der Waals surface area contributed by atoms with Crippen molar-refractivity contribution in [1.29, 1.82) is 0 Å². The third kappa shape index (κ3) is 4.13. The Morgan fingerprint density at radius 2 is 1.17 bits per heavy atom. The predicted octanol–water partition coefficient (Wildman–Crippen LogP) is 4.39. The molecule has 102 valence electrons. The highest BCUT2D eigenvalue weighted by atomic mass is 14.7. The van der Waals surface area contributed by atoms with Crippen LogP contribution in [0.25, 0.3) is 0 Å². The van der Waals surface area contributed by atoms with Gasteiger partial charge in [-0.2, -0.15) is 0 Å². The molecule has 1 aromatic carbocycles. The fraction of sp³-hybridized carbons (Fsp3) is 0.647. The molecule has 0 radical (unpaired) electrons. The van der Waals surface area contributed by atoms with Gasteiger partial charge in [0, 0.05) is 5.54 Å². The smallest absolute Gasteiger partial charge is 0.0105 e. The molecule has 1 nitrogen and oxygen atoms in total. The Bertz CT molecular complexity index is 385. The van der Waals surface area contributed by atoms with Crippen LogP contribution in [0.2, 0.25) is 0 Å². The number of nitrogens with two attached hydrogens (primary N) is 1. The molecule has 0 amide bonds. The average molecular weight is 247 g/mol. The quantitative estimate of drug-likeness (QED) is 0.842. The minimum Gasteiger partial charge on any atom is -0.326 e. The number of rotatable bonds is 3. The van der Waals surface area contributed by atoms with Gasteiger partial charge in [0.25, 0.3) is 0 Å². The molecule has 0 atom stereocenters. The molecule has 0 heterocycles. The first-order chi connectivity index (χ1) is 7.92. The predicted molar refractivity (Wildman–Crippen MR) is 81.1 cm³/mol. The van der Waals surface area contributed by atoms with E-state index >= 15 is 0 Å². The summed E-state index contributed by atoms with van der Waals surface area (Å²) in [6.07, 6.45) is 0.981. The van der Waals surface area contributed by atoms with Crippen LogP contribution in [0.4, 0.5) is 0 Å². The summed E-state index contributed by atoms with van der Waals surface area (Å²) in [5, 5.41) is 0. The Hall–Kier alpha value is -0.820. The maximum Gasteiger partial charge on any atom is 0.0105 e. The molecule has 0 aliphatic carbocycles. The second-order valence-corrected chi connectivity index (χ2v) is 7.88. The van der Waals surface area contributed by atoms with Crippen LogP contribution in [-0.2, 0) is 10.8 Å². The maximum atomic E-state index is 6.16. The van der Waals surface area contributed by atoms with Crippen molar-refractivity contribution >= 4 is 0 Å². The van der Waals surface area contributed by atoms with Gasteiger partial charge in [0.1, 0.15) is 0 Å². The molecule has 0 saturated carbocycles. The lowest BCUT2D eigenvalue weighted by atomic mass is 9.74. The molecule has 0 aromatic heterocycles. The van der Waals surface area contributed by atoms with Crippen LogP contribution in [0.5, 0.6) is 0 Å². The van der Waals surface area contributed by atoms with Gasteiger partial charge >= 0.3 is 0 Å². The van der Waals surface area contributed by atoms with Gasteiger partial charge in [0.2, 0.25) is 0 Å². The van der Waals surface area contributed by atoms with E-state index in [9.17, 15) is 0 Å². The van der Waals surface area contributed by atoms with Gasteiger partial charge in [-0.25, -0.2) is 0 Å². The zero-order valence-corrected chi connectivity index (χ0v) is 13.1. The molecule has 0 unspecified atom stereocenters. The van der Waals surface area contributed by atoms with Crippen LogP contribution in [-0.4, -0.2) is 5.54 Å². The highest BCUT2D eigenvalue weighted by Crippen LogP contribution is 2.32. The lowest BCUT2D eigenvalue weighted by Crippen LogP contribution is -2.39. The monoisotopic (exact) mass is 247 g/mol. The third-order valence-electron chi connectivity index (χ3n) is 3.43. The van der Waals surface area contributed by atoms with E-state index in [2.05, 4.69) is 72.7 Å². The molecule has 1 rings (SSSR count). The van der Waals surface area contributed by atoms with Gasteiger partial charge in [-0.15, -0.1) is 0 Å². The van der Waals surface area contributed by atoms with Gasteiger partial charge < -0.3 is 5.73 Å². The molecule has 0 fully saturated rings. The molecular weight excluding hydrogens is 218 g/mol. The Morgan fingerprint density at radius 1 is 0.778 bits per heavy atom. The normalized spacial score (nSPS) is 13.8. The Labute approximate surface area is 113 Å². The van der Waals surface area contributed by atoms with E-state index in [1.807, 2.05) is 0 Å². The first-order valence-electron chi connectivity index (χ1n) is 6.82. The summed E-state index contributed by atoms with van der Waals surface area (Å²) >= 11 is 0. The molecule has 0 aliphatic heterocycles. The average Bonchev–Trinajstić information content (AvgIpc) is 2.13. The van der Waals surface area contributed by atoms with Gasteiger partial charge in [0.05, 0.1) is 0 Å². The van der Waals surface area contributed by atoms with Gasteiger partial charge in [-0.05, 0) is 42.2 Å². The second-order valence-electron chi connectivity index (χ2n) is 7.88. The largest absolute Gasteiger partial charge is 0.326 e. The molecule has 0 saturated heterocycles. The van der Waals surface area contributed by atoms with Crippen LogP contribution < -0.4 is 5.73 Å². The number of hydrogen-bond donors (Lipinski definition) is 1. The van der Waals surface area contributed by atoms with Crippen molar-refractivity contribution in [3.8, 4) is 0 Å². The minimum absolute atomic E-state index is 0.120. The van der Waals surface area contributed by atoms with E-state index in [4.69, 9.17) is 5.73 Å². The summed E-state index contributed by atoms with van der Waals surface area (Å²) in [6, 6.07) is 9.01. The topological polar surface area (TPSA) is 26.0 Å². The van der Waals surface area contributed by atoms with Crippen molar-refractivity contribution in [2.24, 2.45) is 5.73 Å². The van der Waals surface area contributed by atoms with Gasteiger partial charge in [0.15, 0.2) is 0 Å². The first-order valence-corrected chi connectivity index (χ1v) is 6.82. The van der Waals surface area contributed by atoms with Crippen molar-refractivity contribution in [3.63, 3.8) is 0 Å². The Balaban J connectivity index is 2.98. The van der Waals surface area contributed by atoms with Crippen LogP contribution >= 0.6 is 0 Å². The molecule has 2 N–H and O–H groups in total. The summed E-state index contributed by atoms with van der Waals surface area (Å²) in [7, 11) is 0. The van der Waals surface area contributed by atoms with Crippen molar-refractivity contribution < 1.29 is 0 Å². The van der Waals surface area contributed by atoms with Crippen molar-refractivity contribution in [2.45, 2.75) is 71.3 Å². The minimum atomic E-state index is -0.133. The van der Waals surface area contributed by atoms with Crippen LogP contribution in [0.1, 0.15) is 66.0 Å². The summed E-state index contributed by atoms with van der Waals surface area (Å²) in [4.78, 5) is 0. The second kappa shape index (κ2) is 4.70. The van der Waals surface area contributed by atoms with E-state index in [1.165, 1.54) is 11.1 Å². The van der Waals surface area contributed by atoms with Gasteiger partial charge in [-0.1, -0.05) is 58.9 Å². The fourth-order valence-corrected chi connectivity index (χ4v) is 2.66. The van der Waals surface area contributed by atoms with Crippen LogP contribution in [0, 0.1) is 0 Å². The van der Waals surface area contributed by atoms with E-state index < -0.39 is 0 Å². The summed E-state index contributed by atoms with van der Waals surface area (Å²) in [6.45, 7) is 15.5. The van der Waals surface area contributed by atoms with Gasteiger partial charge in [-0.3, -0.25) is 0 Å². The van der Waals surface area contributed by atoms with Crippen LogP contribution in [0.15, 0.2) is 24.3 Å². The molecule has 1 aromatic rings. The number of hydrogen-bond acceptors (Lipinski definition) is 1. The molecule has 0 bridgehead atoms. The Kier molecular flexibility index (Phi) is 3.97. The maximum absolute atomic E-state index is 6.16. The third-order valence-corrected chi connectivity index (χ3v) is 3.43. The van der Waals surface area contributed by atoms with E-state index in [0.717, 1.165) is 6.42 Å². The Morgan fingerprint density at radius 3 is 1.50 bits per heavy atom. The fourth-order valence-electron chi connectivity index (χ4n) is 2.66. The molecule has 0 spiro atoms. The molecule has 18 heavy (non-hydrogen) atoms. The van der Waals surface area contributed by atoms with E-state index in [-0.39, 0.29) is 16.4 Å². The first kappa shape index (κ1) is 15.2. The lowest BCUT2D eigenvalue weighted by Gasteiger charge is -2.33. The zero-order chi connectivity index (χ0) is 14.2. The van der Waals surface area contributed by atoms with Crippen molar-refractivity contribution in [1.82, 2.24) is 0 Å². The zero-order valence-electron chi connectivity index (χ0n) is 13.1. The molecular formula is C17H29N. The highest BCUT2D eigenvalue weighted by molar-refractivity contribution is 5.31. The SMILES string of the molecule is CC(C)(N)CC(C)(C)c1ccc(C(C)(C)C)cc1.